The van der Waals surface area contributed by atoms with E-state index in [9.17, 15) is 4.79 Å². The highest BCUT2D eigenvalue weighted by atomic mass is 32.2. The van der Waals surface area contributed by atoms with Crippen LogP contribution in [0.15, 0.2) is 52.1 Å². The van der Waals surface area contributed by atoms with Crippen LogP contribution < -0.4 is 5.32 Å². The Morgan fingerprint density at radius 3 is 2.69 bits per heavy atom. The highest BCUT2D eigenvalue weighted by Crippen LogP contribution is 2.26. The summed E-state index contributed by atoms with van der Waals surface area (Å²) in [5.74, 6) is 1.38. The van der Waals surface area contributed by atoms with Gasteiger partial charge in [0.2, 0.25) is 17.6 Å². The van der Waals surface area contributed by atoms with E-state index in [1.165, 1.54) is 11.8 Å². The van der Waals surface area contributed by atoms with Crippen LogP contribution in [-0.4, -0.2) is 36.6 Å². The minimum atomic E-state index is -0.101. The van der Waals surface area contributed by atoms with Crippen molar-refractivity contribution in [2.45, 2.75) is 39.4 Å². The molecule has 164 valence electrons. The van der Waals surface area contributed by atoms with Crippen molar-refractivity contribution in [1.82, 2.24) is 24.9 Å². The topological polar surface area (TPSA) is 98.7 Å². The SMILES string of the molecule is CCn1c(SCC(=O)Nc2cc(C)ccc2C)nnc1-c1nc(-c2cccc(C)c2)no1. The summed E-state index contributed by atoms with van der Waals surface area (Å²) in [7, 11) is 0. The lowest BCUT2D eigenvalue weighted by Crippen LogP contribution is -2.15. The molecule has 0 unspecified atom stereocenters. The van der Waals surface area contributed by atoms with Crippen LogP contribution in [0.3, 0.4) is 0 Å². The third-order valence-electron chi connectivity index (χ3n) is 4.93. The molecule has 32 heavy (non-hydrogen) atoms. The van der Waals surface area contributed by atoms with Gasteiger partial charge < -0.3 is 9.84 Å². The summed E-state index contributed by atoms with van der Waals surface area (Å²) in [6.07, 6.45) is 0. The molecule has 1 N–H and O–H groups in total. The first kappa shape index (κ1) is 21.8. The molecule has 4 rings (SSSR count). The predicted molar refractivity (Wildman–Crippen MR) is 124 cm³/mol. The number of carbonyl (C=O) groups is 1. The van der Waals surface area contributed by atoms with Crippen molar-refractivity contribution in [3.8, 4) is 23.1 Å². The number of benzene rings is 2. The van der Waals surface area contributed by atoms with Gasteiger partial charge in [0, 0.05) is 17.8 Å². The maximum Gasteiger partial charge on any atom is 0.296 e. The van der Waals surface area contributed by atoms with Crippen LogP contribution in [0.5, 0.6) is 0 Å². The molecule has 0 aliphatic carbocycles. The molecule has 0 atom stereocenters. The quantitative estimate of drug-likeness (QED) is 0.410. The Bertz CT molecular complexity index is 1260. The average Bonchev–Trinajstić information content (AvgIpc) is 3.41. The van der Waals surface area contributed by atoms with Gasteiger partial charge in [0.25, 0.3) is 5.89 Å². The molecule has 0 fully saturated rings. The zero-order valence-electron chi connectivity index (χ0n) is 18.4. The number of hydrogen-bond acceptors (Lipinski definition) is 7. The van der Waals surface area contributed by atoms with Crippen molar-refractivity contribution in [3.05, 3.63) is 59.2 Å². The Kier molecular flexibility index (Phi) is 6.36. The number of aryl methyl sites for hydroxylation is 3. The Morgan fingerprint density at radius 2 is 1.91 bits per heavy atom. The van der Waals surface area contributed by atoms with Crippen LogP contribution in [0.25, 0.3) is 23.1 Å². The Morgan fingerprint density at radius 1 is 1.09 bits per heavy atom. The van der Waals surface area contributed by atoms with Crippen molar-refractivity contribution in [1.29, 1.82) is 0 Å². The van der Waals surface area contributed by atoms with E-state index in [4.69, 9.17) is 4.52 Å². The molecule has 0 spiro atoms. The van der Waals surface area contributed by atoms with Crippen LogP contribution >= 0.6 is 11.8 Å². The summed E-state index contributed by atoms with van der Waals surface area (Å²) in [6.45, 7) is 8.56. The number of anilines is 1. The van der Waals surface area contributed by atoms with Gasteiger partial charge in [0.1, 0.15) is 0 Å². The second kappa shape index (κ2) is 9.35. The third kappa shape index (κ3) is 4.72. The van der Waals surface area contributed by atoms with Crippen molar-refractivity contribution in [2.75, 3.05) is 11.1 Å². The van der Waals surface area contributed by atoms with Gasteiger partial charge in [-0.3, -0.25) is 9.36 Å². The summed E-state index contributed by atoms with van der Waals surface area (Å²) in [5, 5.41) is 16.1. The van der Waals surface area contributed by atoms with Gasteiger partial charge in [-0.05, 0) is 51.0 Å². The molecule has 0 aliphatic heterocycles. The van der Waals surface area contributed by atoms with Crippen LogP contribution in [-0.2, 0) is 11.3 Å². The Labute approximate surface area is 190 Å². The van der Waals surface area contributed by atoms with Crippen LogP contribution in [0.4, 0.5) is 5.69 Å². The Balaban J connectivity index is 1.48. The molecule has 0 bridgehead atoms. The van der Waals surface area contributed by atoms with E-state index in [0.29, 0.717) is 29.2 Å². The normalized spacial score (nSPS) is 11.0. The number of carbonyl (C=O) groups excluding carboxylic acids is 1. The van der Waals surface area contributed by atoms with E-state index in [0.717, 1.165) is 27.9 Å². The van der Waals surface area contributed by atoms with Gasteiger partial charge in [-0.2, -0.15) is 4.98 Å². The fourth-order valence-electron chi connectivity index (χ4n) is 3.24. The molecule has 8 nitrogen and oxygen atoms in total. The summed E-state index contributed by atoms with van der Waals surface area (Å²) >= 11 is 1.32. The second-order valence-electron chi connectivity index (χ2n) is 7.50. The van der Waals surface area contributed by atoms with Crippen LogP contribution in [0, 0.1) is 20.8 Å². The largest absolute Gasteiger partial charge is 0.330 e. The number of amides is 1. The minimum absolute atomic E-state index is 0.101. The standard InChI is InChI=1S/C23H24N6O2S/c1-5-29-21(22-25-20(28-31-22)17-8-6-7-14(2)11-17)26-27-23(29)32-13-19(30)24-18-12-15(3)9-10-16(18)4/h6-12H,5,13H2,1-4H3,(H,24,30). The second-order valence-corrected chi connectivity index (χ2v) is 8.44. The maximum atomic E-state index is 12.5. The van der Waals surface area contributed by atoms with Gasteiger partial charge in [0.15, 0.2) is 5.16 Å². The highest BCUT2D eigenvalue weighted by Gasteiger charge is 2.20. The first-order chi connectivity index (χ1) is 15.4. The average molecular weight is 449 g/mol. The van der Waals surface area contributed by atoms with Gasteiger partial charge in [0.05, 0.1) is 5.75 Å². The fourth-order valence-corrected chi connectivity index (χ4v) is 4.04. The molecule has 2 heterocycles. The molecule has 0 aliphatic rings. The molecular weight excluding hydrogens is 424 g/mol. The van der Waals surface area contributed by atoms with Gasteiger partial charge >= 0.3 is 0 Å². The maximum absolute atomic E-state index is 12.5. The summed E-state index contributed by atoms with van der Waals surface area (Å²) in [4.78, 5) is 17.0. The summed E-state index contributed by atoms with van der Waals surface area (Å²) < 4.78 is 7.32. The number of nitrogens with one attached hydrogen (secondary N) is 1. The number of hydrogen-bond donors (Lipinski definition) is 1. The van der Waals surface area contributed by atoms with Crippen LogP contribution in [0.1, 0.15) is 23.6 Å². The van der Waals surface area contributed by atoms with Crippen molar-refractivity contribution in [3.63, 3.8) is 0 Å². The third-order valence-corrected chi connectivity index (χ3v) is 5.89. The number of aromatic nitrogens is 5. The highest BCUT2D eigenvalue weighted by molar-refractivity contribution is 7.99. The van der Waals surface area contributed by atoms with Gasteiger partial charge in [-0.1, -0.05) is 52.8 Å². The van der Waals surface area contributed by atoms with E-state index in [2.05, 4.69) is 25.7 Å². The Hall–Kier alpha value is -3.46. The van der Waals surface area contributed by atoms with Crippen molar-refractivity contribution in [2.24, 2.45) is 0 Å². The lowest BCUT2D eigenvalue weighted by molar-refractivity contribution is -0.113. The molecule has 9 heteroatoms. The molecule has 0 saturated carbocycles. The fraction of sp³-hybridized carbons (Fsp3) is 0.261. The predicted octanol–water partition coefficient (Wildman–Crippen LogP) is 4.67. The monoisotopic (exact) mass is 448 g/mol. The molecule has 1 amide bonds. The van der Waals surface area contributed by atoms with E-state index in [1.807, 2.05) is 74.7 Å². The summed E-state index contributed by atoms with van der Waals surface area (Å²) in [6, 6.07) is 13.9. The van der Waals surface area contributed by atoms with E-state index in [1.54, 1.807) is 0 Å². The zero-order valence-corrected chi connectivity index (χ0v) is 19.2. The van der Waals surface area contributed by atoms with Gasteiger partial charge in [-0.15, -0.1) is 10.2 Å². The molecular formula is C23H24N6O2S. The minimum Gasteiger partial charge on any atom is -0.330 e. The molecule has 2 aromatic heterocycles. The number of thioether (sulfide) groups is 1. The van der Waals surface area contributed by atoms with Crippen molar-refractivity contribution < 1.29 is 9.32 Å². The van der Waals surface area contributed by atoms with E-state index in [-0.39, 0.29) is 11.7 Å². The molecule has 2 aromatic carbocycles. The van der Waals surface area contributed by atoms with Crippen LogP contribution in [0.2, 0.25) is 0 Å². The van der Waals surface area contributed by atoms with Gasteiger partial charge in [-0.25, -0.2) is 0 Å². The number of nitrogens with zero attached hydrogens (tertiary/aromatic N) is 5. The lowest BCUT2D eigenvalue weighted by atomic mass is 10.1. The summed E-state index contributed by atoms with van der Waals surface area (Å²) in [5.41, 5.74) is 4.93. The molecule has 0 saturated heterocycles. The number of rotatable bonds is 7. The van der Waals surface area contributed by atoms with E-state index < -0.39 is 0 Å². The van der Waals surface area contributed by atoms with Crippen molar-refractivity contribution >= 4 is 23.4 Å². The first-order valence-corrected chi connectivity index (χ1v) is 11.3. The first-order valence-electron chi connectivity index (χ1n) is 10.3. The lowest BCUT2D eigenvalue weighted by Gasteiger charge is -2.09. The van der Waals surface area contributed by atoms with E-state index >= 15 is 0 Å². The smallest absolute Gasteiger partial charge is 0.296 e. The zero-order chi connectivity index (χ0) is 22.7. The molecule has 0 radical (unpaired) electrons. The molecule has 4 aromatic rings.